The molecule has 1 heterocycles. The van der Waals surface area contributed by atoms with Gasteiger partial charge in [-0.1, -0.05) is 42.5 Å². The number of likely N-dealkylation sites (tertiary alicyclic amines) is 1. The highest BCUT2D eigenvalue weighted by Gasteiger charge is 2.24. The molecule has 2 aromatic carbocycles. The molecule has 1 aliphatic rings. The van der Waals surface area contributed by atoms with E-state index in [-0.39, 0.29) is 30.8 Å². The number of hydrogen-bond acceptors (Lipinski definition) is 3. The number of carbonyl (C=O) groups is 3. The minimum Gasteiger partial charge on any atom is -0.339 e. The minimum atomic E-state index is -0.243. The van der Waals surface area contributed by atoms with Gasteiger partial charge in [0, 0.05) is 39.6 Å². The van der Waals surface area contributed by atoms with Crippen LogP contribution in [0.4, 0.5) is 10.5 Å². The molecule has 0 aliphatic carbocycles. The molecule has 0 atom stereocenters. The first-order chi connectivity index (χ1) is 15.0. The molecular formula is C24H30N4O3. The quantitative estimate of drug-likeness (QED) is 0.718. The molecule has 0 unspecified atom stereocenters. The van der Waals surface area contributed by atoms with Crippen molar-refractivity contribution in [3.63, 3.8) is 0 Å². The molecule has 2 aromatic rings. The van der Waals surface area contributed by atoms with Crippen molar-refractivity contribution in [1.82, 2.24) is 15.1 Å². The zero-order chi connectivity index (χ0) is 22.2. The molecule has 1 aliphatic heterocycles. The smallest absolute Gasteiger partial charge is 0.317 e. The number of amides is 4. The fraction of sp³-hybridized carbons (Fsp3) is 0.375. The third-order valence-electron chi connectivity index (χ3n) is 5.39. The standard InChI is InChI=1S/C24H30N4O3/c1-18-9-8-12-20(22(18)23(30)28-15-6-7-16-28)26-21(29)13-14-25-24(31)27(2)17-19-10-4-3-5-11-19/h3-5,8-12H,6-7,13-17H2,1-2H3,(H,25,31)(H,26,29). The summed E-state index contributed by atoms with van der Waals surface area (Å²) in [5, 5.41) is 5.61. The lowest BCUT2D eigenvalue weighted by atomic mass is 10.0. The van der Waals surface area contributed by atoms with Gasteiger partial charge in [0.1, 0.15) is 0 Å². The van der Waals surface area contributed by atoms with Crippen molar-refractivity contribution in [2.24, 2.45) is 0 Å². The van der Waals surface area contributed by atoms with E-state index in [1.807, 2.05) is 54.3 Å². The van der Waals surface area contributed by atoms with Gasteiger partial charge >= 0.3 is 6.03 Å². The summed E-state index contributed by atoms with van der Waals surface area (Å²) >= 11 is 0. The first kappa shape index (κ1) is 22.3. The minimum absolute atomic E-state index is 0.0401. The second-order valence-corrected chi connectivity index (χ2v) is 7.87. The van der Waals surface area contributed by atoms with Gasteiger partial charge in [0.25, 0.3) is 5.91 Å². The van der Waals surface area contributed by atoms with Crippen LogP contribution in [0.3, 0.4) is 0 Å². The van der Waals surface area contributed by atoms with Crippen molar-refractivity contribution in [3.8, 4) is 0 Å². The van der Waals surface area contributed by atoms with Crippen molar-refractivity contribution in [2.75, 3.05) is 32.0 Å². The Kier molecular flexibility index (Phi) is 7.65. The van der Waals surface area contributed by atoms with Gasteiger partial charge in [0.2, 0.25) is 5.91 Å². The Morgan fingerprint density at radius 3 is 2.42 bits per heavy atom. The van der Waals surface area contributed by atoms with E-state index < -0.39 is 0 Å². The van der Waals surface area contributed by atoms with Crippen LogP contribution in [0.5, 0.6) is 0 Å². The highest BCUT2D eigenvalue weighted by molar-refractivity contribution is 6.05. The van der Waals surface area contributed by atoms with Crippen molar-refractivity contribution < 1.29 is 14.4 Å². The van der Waals surface area contributed by atoms with E-state index >= 15 is 0 Å². The Bertz CT molecular complexity index is 924. The van der Waals surface area contributed by atoms with Gasteiger partial charge in [-0.2, -0.15) is 0 Å². The Labute approximate surface area is 183 Å². The summed E-state index contributed by atoms with van der Waals surface area (Å²) in [6.45, 7) is 4.09. The van der Waals surface area contributed by atoms with Crippen LogP contribution in [0.1, 0.15) is 40.7 Å². The zero-order valence-electron chi connectivity index (χ0n) is 18.2. The number of aryl methyl sites for hydroxylation is 1. The third kappa shape index (κ3) is 6.07. The van der Waals surface area contributed by atoms with Gasteiger partial charge in [-0.15, -0.1) is 0 Å². The van der Waals surface area contributed by atoms with Crippen molar-refractivity contribution >= 4 is 23.5 Å². The number of benzene rings is 2. The van der Waals surface area contributed by atoms with Crippen molar-refractivity contribution in [1.29, 1.82) is 0 Å². The van der Waals surface area contributed by atoms with Crippen LogP contribution in [0, 0.1) is 6.92 Å². The lowest BCUT2D eigenvalue weighted by Crippen LogP contribution is -2.38. The van der Waals surface area contributed by atoms with Gasteiger partial charge in [-0.05, 0) is 37.0 Å². The van der Waals surface area contributed by atoms with E-state index in [1.54, 1.807) is 18.0 Å². The predicted molar refractivity (Wildman–Crippen MR) is 121 cm³/mol. The van der Waals surface area contributed by atoms with Gasteiger partial charge in [-0.25, -0.2) is 4.79 Å². The highest BCUT2D eigenvalue weighted by atomic mass is 16.2. The SMILES string of the molecule is Cc1cccc(NC(=O)CCNC(=O)N(C)Cc2ccccc2)c1C(=O)N1CCCC1. The van der Waals surface area contributed by atoms with Gasteiger partial charge in [0.15, 0.2) is 0 Å². The summed E-state index contributed by atoms with van der Waals surface area (Å²) in [5.41, 5.74) is 2.94. The molecule has 1 saturated heterocycles. The maximum absolute atomic E-state index is 12.9. The van der Waals surface area contributed by atoms with Crippen molar-refractivity contribution in [2.45, 2.75) is 32.7 Å². The average molecular weight is 423 g/mol. The molecule has 1 fully saturated rings. The van der Waals surface area contributed by atoms with Crippen LogP contribution >= 0.6 is 0 Å². The molecule has 0 radical (unpaired) electrons. The Balaban J connectivity index is 1.51. The molecule has 3 rings (SSSR count). The van der Waals surface area contributed by atoms with Crippen LogP contribution in [0.25, 0.3) is 0 Å². The second kappa shape index (κ2) is 10.6. The van der Waals surface area contributed by atoms with Crippen LogP contribution in [-0.2, 0) is 11.3 Å². The van der Waals surface area contributed by atoms with E-state index in [0.717, 1.165) is 37.1 Å². The van der Waals surface area contributed by atoms with Crippen LogP contribution in [0.15, 0.2) is 48.5 Å². The van der Waals surface area contributed by atoms with Crippen LogP contribution in [-0.4, -0.2) is 54.3 Å². The maximum Gasteiger partial charge on any atom is 0.317 e. The summed E-state index contributed by atoms with van der Waals surface area (Å²) in [6.07, 6.45) is 2.14. The molecule has 0 spiro atoms. The summed E-state index contributed by atoms with van der Waals surface area (Å²) in [6, 6.07) is 14.9. The lowest BCUT2D eigenvalue weighted by Gasteiger charge is -2.20. The Morgan fingerprint density at radius 2 is 1.71 bits per heavy atom. The van der Waals surface area contributed by atoms with Crippen LogP contribution < -0.4 is 10.6 Å². The second-order valence-electron chi connectivity index (χ2n) is 7.87. The monoisotopic (exact) mass is 422 g/mol. The Hall–Kier alpha value is -3.35. The highest BCUT2D eigenvalue weighted by Crippen LogP contribution is 2.23. The molecule has 31 heavy (non-hydrogen) atoms. The number of nitrogens with zero attached hydrogens (tertiary/aromatic N) is 2. The number of carbonyl (C=O) groups excluding carboxylic acids is 3. The first-order valence-electron chi connectivity index (χ1n) is 10.7. The van der Waals surface area contributed by atoms with Gasteiger partial charge in [-0.3, -0.25) is 9.59 Å². The summed E-state index contributed by atoms with van der Waals surface area (Å²) < 4.78 is 0. The fourth-order valence-corrected chi connectivity index (χ4v) is 3.69. The summed E-state index contributed by atoms with van der Waals surface area (Å²) in [5.74, 6) is -0.283. The van der Waals surface area contributed by atoms with Gasteiger partial charge in [0.05, 0.1) is 11.3 Å². The molecular weight excluding hydrogens is 392 g/mol. The van der Waals surface area contributed by atoms with E-state index in [4.69, 9.17) is 0 Å². The maximum atomic E-state index is 12.9. The molecule has 2 N–H and O–H groups in total. The van der Waals surface area contributed by atoms with E-state index in [0.29, 0.717) is 17.8 Å². The fourth-order valence-electron chi connectivity index (χ4n) is 3.69. The summed E-state index contributed by atoms with van der Waals surface area (Å²) in [4.78, 5) is 41.0. The number of urea groups is 1. The normalized spacial score (nSPS) is 13.0. The van der Waals surface area contributed by atoms with Crippen molar-refractivity contribution in [3.05, 3.63) is 65.2 Å². The van der Waals surface area contributed by atoms with E-state index in [2.05, 4.69) is 10.6 Å². The Morgan fingerprint density at radius 1 is 1.00 bits per heavy atom. The predicted octanol–water partition coefficient (Wildman–Crippen LogP) is 3.40. The topological polar surface area (TPSA) is 81.8 Å². The molecule has 164 valence electrons. The summed E-state index contributed by atoms with van der Waals surface area (Å²) in [7, 11) is 1.71. The number of rotatable bonds is 7. The molecule has 0 bridgehead atoms. The molecule has 0 aromatic heterocycles. The largest absolute Gasteiger partial charge is 0.339 e. The average Bonchev–Trinajstić information content (AvgIpc) is 3.29. The number of anilines is 1. The van der Waals surface area contributed by atoms with Gasteiger partial charge < -0.3 is 20.4 Å². The number of nitrogens with one attached hydrogen (secondary N) is 2. The molecule has 0 saturated carbocycles. The van der Waals surface area contributed by atoms with E-state index in [9.17, 15) is 14.4 Å². The zero-order valence-corrected chi connectivity index (χ0v) is 18.2. The van der Waals surface area contributed by atoms with Crippen LogP contribution in [0.2, 0.25) is 0 Å². The van der Waals surface area contributed by atoms with E-state index in [1.165, 1.54) is 0 Å². The molecule has 7 heteroatoms. The first-order valence-corrected chi connectivity index (χ1v) is 10.7. The molecule has 7 nitrogen and oxygen atoms in total. The number of hydrogen-bond donors (Lipinski definition) is 2. The molecule has 4 amide bonds. The lowest BCUT2D eigenvalue weighted by molar-refractivity contribution is -0.116. The third-order valence-corrected chi connectivity index (χ3v) is 5.39.